The second-order valence-corrected chi connectivity index (χ2v) is 5.78. The van der Waals surface area contributed by atoms with Crippen molar-refractivity contribution in [1.82, 2.24) is 9.80 Å². The summed E-state index contributed by atoms with van der Waals surface area (Å²) in [6.45, 7) is 10.0. The molecule has 108 valence electrons. The summed E-state index contributed by atoms with van der Waals surface area (Å²) in [7, 11) is 4.12. The molecule has 4 N–H and O–H groups in total. The van der Waals surface area contributed by atoms with Gasteiger partial charge in [0.1, 0.15) is 0 Å². The monoisotopic (exact) mass is 258 g/mol. The quantitative estimate of drug-likeness (QED) is 0.654. The van der Waals surface area contributed by atoms with Crippen molar-refractivity contribution in [2.45, 2.75) is 51.7 Å². The highest BCUT2D eigenvalue weighted by molar-refractivity contribution is 5.83. The van der Waals surface area contributed by atoms with Crippen molar-refractivity contribution in [3.8, 4) is 0 Å². The lowest BCUT2D eigenvalue weighted by Crippen LogP contribution is -2.55. The summed E-state index contributed by atoms with van der Waals surface area (Å²) in [5.41, 5.74) is 10.3. The van der Waals surface area contributed by atoms with Gasteiger partial charge in [0, 0.05) is 18.6 Å². The van der Waals surface area contributed by atoms with E-state index in [-0.39, 0.29) is 6.04 Å². The molecule has 0 aromatic rings. The molecule has 1 amide bonds. The molecular weight excluding hydrogens is 228 g/mol. The van der Waals surface area contributed by atoms with E-state index in [0.717, 1.165) is 13.1 Å². The normalized spacial score (nSPS) is 18.7. The van der Waals surface area contributed by atoms with Crippen molar-refractivity contribution < 1.29 is 4.79 Å². The zero-order valence-electron chi connectivity index (χ0n) is 12.7. The summed E-state index contributed by atoms with van der Waals surface area (Å²) < 4.78 is 0. The van der Waals surface area contributed by atoms with Crippen molar-refractivity contribution in [1.29, 1.82) is 0 Å². The van der Waals surface area contributed by atoms with Gasteiger partial charge in [-0.3, -0.25) is 9.69 Å². The van der Waals surface area contributed by atoms with Gasteiger partial charge < -0.3 is 16.4 Å². The van der Waals surface area contributed by atoms with Gasteiger partial charge in [0.15, 0.2) is 0 Å². The maximum absolute atomic E-state index is 11.3. The molecule has 0 spiro atoms. The number of carbonyl (C=O) groups is 1. The van der Waals surface area contributed by atoms with Crippen LogP contribution in [0.4, 0.5) is 0 Å². The molecule has 0 radical (unpaired) electrons. The van der Waals surface area contributed by atoms with Gasteiger partial charge in [0.25, 0.3) is 0 Å². The Hall–Kier alpha value is -0.650. The Bertz CT molecular complexity index is 266. The van der Waals surface area contributed by atoms with E-state index in [1.165, 1.54) is 0 Å². The molecule has 0 saturated carbocycles. The third kappa shape index (κ3) is 5.33. The lowest BCUT2D eigenvalue weighted by molar-refractivity contribution is -0.123. The van der Waals surface area contributed by atoms with Gasteiger partial charge in [0.05, 0.1) is 5.54 Å². The van der Waals surface area contributed by atoms with Crippen LogP contribution >= 0.6 is 0 Å². The van der Waals surface area contributed by atoms with Gasteiger partial charge in [0.2, 0.25) is 5.91 Å². The molecule has 0 fully saturated rings. The van der Waals surface area contributed by atoms with E-state index in [9.17, 15) is 4.79 Å². The van der Waals surface area contributed by atoms with Crippen LogP contribution in [0.25, 0.3) is 0 Å². The SMILES string of the molecule is CCN(C(C)CN(C)C)C(C)CC(C)(N)C(N)=O. The molecule has 0 bridgehead atoms. The maximum Gasteiger partial charge on any atom is 0.237 e. The highest BCUT2D eigenvalue weighted by Crippen LogP contribution is 2.16. The van der Waals surface area contributed by atoms with Crippen molar-refractivity contribution in [3.05, 3.63) is 0 Å². The first-order valence-corrected chi connectivity index (χ1v) is 6.61. The summed E-state index contributed by atoms with van der Waals surface area (Å²) in [5, 5.41) is 0. The first kappa shape index (κ1) is 17.4. The molecule has 3 unspecified atom stereocenters. The van der Waals surface area contributed by atoms with Gasteiger partial charge in [-0.1, -0.05) is 6.92 Å². The average molecular weight is 258 g/mol. The van der Waals surface area contributed by atoms with E-state index in [1.807, 2.05) is 0 Å². The lowest BCUT2D eigenvalue weighted by atomic mass is 9.93. The number of carbonyl (C=O) groups excluding carboxylic acids is 1. The Kier molecular flexibility index (Phi) is 6.81. The number of hydrogen-bond acceptors (Lipinski definition) is 4. The minimum absolute atomic E-state index is 0.229. The van der Waals surface area contributed by atoms with Crippen LogP contribution in [0.3, 0.4) is 0 Å². The fourth-order valence-electron chi connectivity index (χ4n) is 2.52. The van der Waals surface area contributed by atoms with Crippen molar-refractivity contribution in [2.75, 3.05) is 27.2 Å². The number of likely N-dealkylation sites (N-methyl/N-ethyl adjacent to an activating group) is 2. The molecule has 0 aliphatic rings. The molecule has 0 aromatic heterocycles. The van der Waals surface area contributed by atoms with E-state index < -0.39 is 11.4 Å². The second kappa shape index (κ2) is 7.07. The van der Waals surface area contributed by atoms with Crippen LogP contribution in [0.5, 0.6) is 0 Å². The summed E-state index contributed by atoms with van der Waals surface area (Å²) in [4.78, 5) is 15.8. The van der Waals surface area contributed by atoms with Gasteiger partial charge in [-0.25, -0.2) is 0 Å². The topological polar surface area (TPSA) is 75.6 Å². The van der Waals surface area contributed by atoms with E-state index in [1.54, 1.807) is 6.92 Å². The van der Waals surface area contributed by atoms with Crippen LogP contribution in [-0.4, -0.2) is 60.5 Å². The van der Waals surface area contributed by atoms with E-state index in [2.05, 4.69) is 44.7 Å². The highest BCUT2D eigenvalue weighted by Gasteiger charge is 2.31. The number of amides is 1. The second-order valence-electron chi connectivity index (χ2n) is 5.78. The Morgan fingerprint density at radius 2 is 1.78 bits per heavy atom. The van der Waals surface area contributed by atoms with E-state index in [0.29, 0.717) is 12.5 Å². The third-order valence-corrected chi connectivity index (χ3v) is 3.41. The molecule has 0 aliphatic carbocycles. The molecule has 18 heavy (non-hydrogen) atoms. The minimum atomic E-state index is -0.940. The fourth-order valence-corrected chi connectivity index (χ4v) is 2.52. The summed E-state index contributed by atoms with van der Waals surface area (Å²) in [6.07, 6.45) is 0.577. The molecule has 0 saturated heterocycles. The first-order chi connectivity index (χ1) is 8.11. The predicted octanol–water partition coefficient (Wildman–Crippen LogP) is 0.240. The Morgan fingerprint density at radius 1 is 1.28 bits per heavy atom. The van der Waals surface area contributed by atoms with Crippen LogP contribution in [0, 0.1) is 0 Å². The van der Waals surface area contributed by atoms with Crippen LogP contribution < -0.4 is 11.5 Å². The maximum atomic E-state index is 11.3. The van der Waals surface area contributed by atoms with E-state index in [4.69, 9.17) is 11.5 Å². The van der Waals surface area contributed by atoms with Crippen LogP contribution in [0.15, 0.2) is 0 Å². The first-order valence-electron chi connectivity index (χ1n) is 6.61. The Balaban J connectivity index is 4.61. The number of rotatable bonds is 8. The molecular formula is C13H30N4O. The summed E-state index contributed by atoms with van der Waals surface area (Å²) >= 11 is 0. The third-order valence-electron chi connectivity index (χ3n) is 3.41. The standard InChI is InChI=1S/C13H30N4O/c1-7-17(11(3)9-16(5)6)10(2)8-13(4,15)12(14)18/h10-11H,7-9,15H2,1-6H3,(H2,14,18). The zero-order chi connectivity index (χ0) is 14.5. The minimum Gasteiger partial charge on any atom is -0.368 e. The zero-order valence-corrected chi connectivity index (χ0v) is 12.7. The average Bonchev–Trinajstić information content (AvgIpc) is 2.15. The lowest BCUT2D eigenvalue weighted by Gasteiger charge is -2.37. The number of hydrogen-bond donors (Lipinski definition) is 2. The van der Waals surface area contributed by atoms with E-state index >= 15 is 0 Å². The van der Waals surface area contributed by atoms with Crippen LogP contribution in [0.2, 0.25) is 0 Å². The van der Waals surface area contributed by atoms with Crippen LogP contribution in [-0.2, 0) is 4.79 Å². The molecule has 5 heteroatoms. The van der Waals surface area contributed by atoms with Gasteiger partial charge in [-0.2, -0.15) is 0 Å². The fraction of sp³-hybridized carbons (Fsp3) is 0.923. The highest BCUT2D eigenvalue weighted by atomic mass is 16.1. The molecule has 3 atom stereocenters. The molecule has 0 rings (SSSR count). The van der Waals surface area contributed by atoms with Crippen LogP contribution in [0.1, 0.15) is 34.1 Å². The largest absolute Gasteiger partial charge is 0.368 e. The molecule has 0 aliphatic heterocycles. The molecule has 5 nitrogen and oxygen atoms in total. The van der Waals surface area contributed by atoms with Crippen molar-refractivity contribution >= 4 is 5.91 Å². The van der Waals surface area contributed by atoms with Crippen molar-refractivity contribution in [3.63, 3.8) is 0 Å². The predicted molar refractivity (Wildman–Crippen MR) is 76.3 cm³/mol. The van der Waals surface area contributed by atoms with Gasteiger partial charge in [-0.15, -0.1) is 0 Å². The Morgan fingerprint density at radius 3 is 2.11 bits per heavy atom. The summed E-state index contributed by atoms with van der Waals surface area (Å²) in [5.74, 6) is -0.439. The molecule has 0 heterocycles. The van der Waals surface area contributed by atoms with Gasteiger partial charge in [-0.05, 0) is 47.8 Å². The van der Waals surface area contributed by atoms with Crippen molar-refractivity contribution in [2.24, 2.45) is 11.5 Å². The smallest absolute Gasteiger partial charge is 0.237 e. The number of nitrogens with two attached hydrogens (primary N) is 2. The Labute approximate surface area is 111 Å². The van der Waals surface area contributed by atoms with Gasteiger partial charge >= 0.3 is 0 Å². The molecule has 0 aromatic carbocycles. The summed E-state index contributed by atoms with van der Waals surface area (Å²) in [6, 6.07) is 0.649. The number of nitrogens with zero attached hydrogens (tertiary/aromatic N) is 2. The number of primary amides is 1.